The van der Waals surface area contributed by atoms with Crippen molar-refractivity contribution in [3.63, 3.8) is 0 Å². The van der Waals surface area contributed by atoms with Crippen LogP contribution in [0.5, 0.6) is 0 Å². The first-order valence-corrected chi connectivity index (χ1v) is 7.80. The van der Waals surface area contributed by atoms with Gasteiger partial charge in [0.15, 0.2) is 0 Å². The van der Waals surface area contributed by atoms with Gasteiger partial charge in [-0.25, -0.2) is 10.4 Å². The maximum absolute atomic E-state index is 11.9. The van der Waals surface area contributed by atoms with E-state index in [2.05, 4.69) is 36.4 Å². The molecule has 0 unspecified atom stereocenters. The SMILES string of the molecule is O=C(N/N=C/c1cc2cc(Br)ccc2nc1Cl)c1ccncc1. The Kier molecular flexibility index (Phi) is 4.64. The first kappa shape index (κ1) is 15.6. The van der Waals surface area contributed by atoms with Gasteiger partial charge in [0, 0.05) is 33.4 Å². The number of hydrazone groups is 1. The predicted molar refractivity (Wildman–Crippen MR) is 93.8 cm³/mol. The third kappa shape index (κ3) is 3.72. The number of hydrogen-bond acceptors (Lipinski definition) is 4. The molecule has 7 heteroatoms. The van der Waals surface area contributed by atoms with Crippen LogP contribution < -0.4 is 5.43 Å². The van der Waals surface area contributed by atoms with Crippen molar-refractivity contribution in [1.29, 1.82) is 0 Å². The van der Waals surface area contributed by atoms with Gasteiger partial charge in [0.1, 0.15) is 5.15 Å². The predicted octanol–water partition coefficient (Wildman–Crippen LogP) is 3.81. The van der Waals surface area contributed by atoms with E-state index in [4.69, 9.17) is 11.6 Å². The highest BCUT2D eigenvalue weighted by Gasteiger charge is 2.05. The molecule has 5 nitrogen and oxygen atoms in total. The number of halogens is 2. The van der Waals surface area contributed by atoms with E-state index in [1.165, 1.54) is 6.21 Å². The summed E-state index contributed by atoms with van der Waals surface area (Å²) in [6.45, 7) is 0. The molecule has 3 aromatic rings. The van der Waals surface area contributed by atoms with Gasteiger partial charge < -0.3 is 0 Å². The van der Waals surface area contributed by atoms with Crippen molar-refractivity contribution >= 4 is 50.6 Å². The number of nitrogens with zero attached hydrogens (tertiary/aromatic N) is 3. The second-order valence-corrected chi connectivity index (χ2v) is 5.91. The molecule has 0 fully saturated rings. The number of aromatic nitrogens is 2. The van der Waals surface area contributed by atoms with E-state index in [1.807, 2.05) is 24.3 Å². The van der Waals surface area contributed by atoms with Crippen LogP contribution in [0.25, 0.3) is 10.9 Å². The number of hydrogen-bond donors (Lipinski definition) is 1. The third-order valence-corrected chi connectivity index (χ3v) is 3.87. The van der Waals surface area contributed by atoms with Crippen molar-refractivity contribution in [3.05, 3.63) is 69.5 Å². The van der Waals surface area contributed by atoms with E-state index in [0.717, 1.165) is 15.4 Å². The Hall–Kier alpha value is -2.31. The van der Waals surface area contributed by atoms with Crippen molar-refractivity contribution in [3.8, 4) is 0 Å². The maximum Gasteiger partial charge on any atom is 0.271 e. The summed E-state index contributed by atoms with van der Waals surface area (Å²) in [4.78, 5) is 20.0. The fourth-order valence-electron chi connectivity index (χ4n) is 1.96. The molecular weight excluding hydrogens is 380 g/mol. The van der Waals surface area contributed by atoms with Crippen LogP contribution in [-0.4, -0.2) is 22.1 Å². The number of nitrogens with one attached hydrogen (secondary N) is 1. The summed E-state index contributed by atoms with van der Waals surface area (Å²) in [5.41, 5.74) is 4.32. The highest BCUT2D eigenvalue weighted by molar-refractivity contribution is 9.10. The van der Waals surface area contributed by atoms with Crippen LogP contribution in [0.3, 0.4) is 0 Å². The topological polar surface area (TPSA) is 67.2 Å². The van der Waals surface area contributed by atoms with Gasteiger partial charge in [-0.2, -0.15) is 5.10 Å². The van der Waals surface area contributed by atoms with E-state index in [-0.39, 0.29) is 5.91 Å². The van der Waals surface area contributed by atoms with Crippen molar-refractivity contribution < 1.29 is 4.79 Å². The molecule has 0 saturated carbocycles. The molecule has 0 aliphatic carbocycles. The normalized spacial score (nSPS) is 11.0. The number of fused-ring (bicyclic) bond motifs is 1. The fraction of sp³-hybridized carbons (Fsp3) is 0. The van der Waals surface area contributed by atoms with Crippen molar-refractivity contribution in [2.75, 3.05) is 0 Å². The lowest BCUT2D eigenvalue weighted by molar-refractivity contribution is 0.0955. The number of amides is 1. The molecule has 23 heavy (non-hydrogen) atoms. The lowest BCUT2D eigenvalue weighted by atomic mass is 10.2. The molecular formula is C16H10BrClN4O. The lowest BCUT2D eigenvalue weighted by Crippen LogP contribution is -2.17. The minimum Gasteiger partial charge on any atom is -0.267 e. The average molecular weight is 390 g/mol. The maximum atomic E-state index is 11.9. The van der Waals surface area contributed by atoms with Crippen LogP contribution in [0.1, 0.15) is 15.9 Å². The Morgan fingerprint density at radius 2 is 2.00 bits per heavy atom. The van der Waals surface area contributed by atoms with Gasteiger partial charge in [-0.1, -0.05) is 27.5 Å². The van der Waals surface area contributed by atoms with Crippen molar-refractivity contribution in [2.24, 2.45) is 5.10 Å². The lowest BCUT2D eigenvalue weighted by Gasteiger charge is -2.03. The van der Waals surface area contributed by atoms with Crippen LogP contribution >= 0.6 is 27.5 Å². The van der Waals surface area contributed by atoms with E-state index in [1.54, 1.807) is 24.5 Å². The summed E-state index contributed by atoms with van der Waals surface area (Å²) in [6, 6.07) is 10.8. The molecule has 0 aliphatic heterocycles. The largest absolute Gasteiger partial charge is 0.271 e. The Balaban J connectivity index is 1.80. The Labute approximate surface area is 145 Å². The van der Waals surface area contributed by atoms with Gasteiger partial charge in [0.2, 0.25) is 0 Å². The van der Waals surface area contributed by atoms with E-state index in [9.17, 15) is 4.79 Å². The van der Waals surface area contributed by atoms with E-state index >= 15 is 0 Å². The second-order valence-electron chi connectivity index (χ2n) is 4.64. The summed E-state index contributed by atoms with van der Waals surface area (Å²) < 4.78 is 0.947. The van der Waals surface area contributed by atoms with Crippen molar-refractivity contribution in [1.82, 2.24) is 15.4 Å². The molecule has 1 N–H and O–H groups in total. The number of carbonyl (C=O) groups excluding carboxylic acids is 1. The Morgan fingerprint density at radius 3 is 2.78 bits per heavy atom. The molecule has 2 aromatic heterocycles. The van der Waals surface area contributed by atoms with Crippen LogP contribution in [0.4, 0.5) is 0 Å². The quantitative estimate of drug-likeness (QED) is 0.421. The molecule has 1 aromatic carbocycles. The first-order chi connectivity index (χ1) is 11.1. The zero-order valence-electron chi connectivity index (χ0n) is 11.7. The first-order valence-electron chi connectivity index (χ1n) is 6.63. The summed E-state index contributed by atoms with van der Waals surface area (Å²) in [5.74, 6) is -0.323. The zero-order valence-corrected chi connectivity index (χ0v) is 14.0. The number of rotatable bonds is 3. The summed E-state index contributed by atoms with van der Waals surface area (Å²) in [5, 5.41) is 5.17. The number of pyridine rings is 2. The molecule has 1 amide bonds. The second kappa shape index (κ2) is 6.85. The third-order valence-electron chi connectivity index (χ3n) is 3.07. The van der Waals surface area contributed by atoms with Crippen molar-refractivity contribution in [2.45, 2.75) is 0 Å². The molecule has 0 atom stereocenters. The Bertz CT molecular complexity index is 899. The fourth-order valence-corrected chi connectivity index (χ4v) is 2.53. The molecule has 0 aliphatic rings. The van der Waals surface area contributed by atoms with Gasteiger partial charge in [0.05, 0.1) is 11.7 Å². The van der Waals surface area contributed by atoms with E-state index in [0.29, 0.717) is 16.3 Å². The minimum absolute atomic E-state index is 0.321. The summed E-state index contributed by atoms with van der Waals surface area (Å²) in [6.07, 6.45) is 4.55. The van der Waals surface area contributed by atoms with Crippen LogP contribution in [0.2, 0.25) is 5.15 Å². The highest BCUT2D eigenvalue weighted by Crippen LogP contribution is 2.22. The molecule has 2 heterocycles. The smallest absolute Gasteiger partial charge is 0.267 e. The van der Waals surface area contributed by atoms with E-state index < -0.39 is 0 Å². The molecule has 0 radical (unpaired) electrons. The van der Waals surface area contributed by atoms with Crippen LogP contribution in [0.15, 0.2) is 58.4 Å². The molecule has 114 valence electrons. The standard InChI is InChI=1S/C16H10BrClN4O/c17-13-1-2-14-11(8-13)7-12(15(18)21-14)9-20-22-16(23)10-3-5-19-6-4-10/h1-9H,(H,22,23)/b20-9+. The Morgan fingerprint density at radius 1 is 1.22 bits per heavy atom. The van der Waals surface area contributed by atoms with Gasteiger partial charge in [-0.3, -0.25) is 9.78 Å². The molecule has 3 rings (SSSR count). The van der Waals surface area contributed by atoms with Crippen LogP contribution in [-0.2, 0) is 0 Å². The number of carbonyl (C=O) groups is 1. The van der Waals surface area contributed by atoms with Gasteiger partial charge in [-0.05, 0) is 36.4 Å². The monoisotopic (exact) mass is 388 g/mol. The minimum atomic E-state index is -0.323. The molecule has 0 saturated heterocycles. The van der Waals surface area contributed by atoms with Crippen LogP contribution in [0, 0.1) is 0 Å². The zero-order chi connectivity index (χ0) is 16.2. The van der Waals surface area contributed by atoms with Gasteiger partial charge in [-0.15, -0.1) is 0 Å². The molecule has 0 bridgehead atoms. The number of benzene rings is 1. The average Bonchev–Trinajstić information content (AvgIpc) is 2.56. The summed E-state index contributed by atoms with van der Waals surface area (Å²) >= 11 is 9.56. The van der Waals surface area contributed by atoms with Gasteiger partial charge in [0.25, 0.3) is 5.91 Å². The van der Waals surface area contributed by atoms with Gasteiger partial charge >= 0.3 is 0 Å². The molecule has 0 spiro atoms. The highest BCUT2D eigenvalue weighted by atomic mass is 79.9. The summed E-state index contributed by atoms with van der Waals surface area (Å²) in [7, 11) is 0.